The molecule has 0 saturated carbocycles. The number of fused-ring (bicyclic) bond motifs is 2. The Kier molecular flexibility index (Phi) is 4.70. The molecule has 3 aromatic rings. The normalized spacial score (nSPS) is 13.2. The van der Waals surface area contributed by atoms with Gasteiger partial charge in [0.25, 0.3) is 5.91 Å². The molecular formula is C21H19N3O3. The molecule has 2 aromatic carbocycles. The largest absolute Gasteiger partial charge is 0.482 e. The topological polar surface area (TPSA) is 71.5 Å². The summed E-state index contributed by atoms with van der Waals surface area (Å²) in [5.41, 5.74) is 2.66. The van der Waals surface area contributed by atoms with Crippen LogP contribution in [0.15, 0.2) is 60.8 Å². The highest BCUT2D eigenvalue weighted by molar-refractivity contribution is 6.02. The zero-order chi connectivity index (χ0) is 18.6. The zero-order valence-corrected chi connectivity index (χ0v) is 14.7. The summed E-state index contributed by atoms with van der Waals surface area (Å²) >= 11 is 0. The summed E-state index contributed by atoms with van der Waals surface area (Å²) in [7, 11) is 0. The number of nitrogens with zero attached hydrogens (tertiary/aromatic N) is 2. The SMILES string of the molecule is O=C(CN1C(=O)COc2ccccc21)NCCc1cccc2cccnc12. The quantitative estimate of drug-likeness (QED) is 0.757. The molecule has 0 unspecified atom stereocenters. The number of carbonyl (C=O) groups is 2. The molecule has 1 aliphatic heterocycles. The van der Waals surface area contributed by atoms with Crippen LogP contribution in [0.2, 0.25) is 0 Å². The second-order valence-corrected chi connectivity index (χ2v) is 6.33. The first-order valence-corrected chi connectivity index (χ1v) is 8.84. The molecule has 0 aliphatic carbocycles. The van der Waals surface area contributed by atoms with E-state index in [9.17, 15) is 9.59 Å². The fourth-order valence-electron chi connectivity index (χ4n) is 3.23. The van der Waals surface area contributed by atoms with E-state index in [1.807, 2.05) is 42.5 Å². The molecule has 0 fully saturated rings. The van der Waals surface area contributed by atoms with Gasteiger partial charge in [-0.1, -0.05) is 36.4 Å². The van der Waals surface area contributed by atoms with Crippen molar-refractivity contribution in [1.29, 1.82) is 0 Å². The summed E-state index contributed by atoms with van der Waals surface area (Å²) in [6, 6.07) is 17.2. The van der Waals surface area contributed by atoms with Crippen molar-refractivity contribution in [1.82, 2.24) is 10.3 Å². The predicted octanol–water partition coefficient (Wildman–Crippen LogP) is 2.32. The summed E-state index contributed by atoms with van der Waals surface area (Å²) < 4.78 is 5.40. The van der Waals surface area contributed by atoms with E-state index in [1.54, 1.807) is 18.3 Å². The lowest BCUT2D eigenvalue weighted by Crippen LogP contribution is -2.45. The van der Waals surface area contributed by atoms with Crippen molar-refractivity contribution < 1.29 is 14.3 Å². The van der Waals surface area contributed by atoms with Gasteiger partial charge in [-0.25, -0.2) is 0 Å². The fourth-order valence-corrected chi connectivity index (χ4v) is 3.23. The first-order chi connectivity index (χ1) is 13.2. The van der Waals surface area contributed by atoms with Gasteiger partial charge < -0.3 is 10.1 Å². The Morgan fingerprint density at radius 3 is 2.89 bits per heavy atom. The number of ether oxygens (including phenoxy) is 1. The Balaban J connectivity index is 1.38. The average Bonchev–Trinajstić information content (AvgIpc) is 2.70. The Hall–Kier alpha value is -3.41. The maximum Gasteiger partial charge on any atom is 0.265 e. The molecule has 6 heteroatoms. The van der Waals surface area contributed by atoms with Crippen molar-refractivity contribution in [2.75, 3.05) is 24.6 Å². The van der Waals surface area contributed by atoms with E-state index in [0.29, 0.717) is 24.4 Å². The van der Waals surface area contributed by atoms with E-state index in [2.05, 4.69) is 10.3 Å². The number of amides is 2. The third-order valence-electron chi connectivity index (χ3n) is 4.54. The van der Waals surface area contributed by atoms with Gasteiger partial charge >= 0.3 is 0 Å². The van der Waals surface area contributed by atoms with Crippen LogP contribution in [0.5, 0.6) is 5.75 Å². The van der Waals surface area contributed by atoms with Crippen LogP contribution in [0.25, 0.3) is 10.9 Å². The molecule has 2 heterocycles. The van der Waals surface area contributed by atoms with Gasteiger partial charge in [0, 0.05) is 18.1 Å². The Morgan fingerprint density at radius 2 is 1.96 bits per heavy atom. The first kappa shape index (κ1) is 17.0. The van der Waals surface area contributed by atoms with Gasteiger partial charge in [-0.15, -0.1) is 0 Å². The van der Waals surface area contributed by atoms with Crippen LogP contribution in [0.4, 0.5) is 5.69 Å². The summed E-state index contributed by atoms with van der Waals surface area (Å²) in [4.78, 5) is 30.4. The number of para-hydroxylation sites is 3. The van der Waals surface area contributed by atoms with Crippen LogP contribution in [-0.2, 0) is 16.0 Å². The van der Waals surface area contributed by atoms with Crippen molar-refractivity contribution >= 4 is 28.4 Å². The number of nitrogens with one attached hydrogen (secondary N) is 1. The van der Waals surface area contributed by atoms with Gasteiger partial charge in [0.2, 0.25) is 5.91 Å². The number of hydrogen-bond donors (Lipinski definition) is 1. The molecule has 0 bridgehead atoms. The molecular weight excluding hydrogens is 342 g/mol. The van der Waals surface area contributed by atoms with Crippen LogP contribution >= 0.6 is 0 Å². The smallest absolute Gasteiger partial charge is 0.265 e. The Morgan fingerprint density at radius 1 is 1.11 bits per heavy atom. The Labute approximate surface area is 156 Å². The van der Waals surface area contributed by atoms with Gasteiger partial charge in [0.15, 0.2) is 6.61 Å². The minimum atomic E-state index is -0.220. The molecule has 2 amide bonds. The van der Waals surface area contributed by atoms with Gasteiger partial charge in [-0.3, -0.25) is 19.5 Å². The van der Waals surface area contributed by atoms with Gasteiger partial charge in [0.05, 0.1) is 11.2 Å². The van der Waals surface area contributed by atoms with Crippen molar-refractivity contribution in [3.05, 3.63) is 66.4 Å². The number of hydrogen-bond acceptors (Lipinski definition) is 4. The number of rotatable bonds is 5. The van der Waals surface area contributed by atoms with Crippen molar-refractivity contribution in [2.24, 2.45) is 0 Å². The van der Waals surface area contributed by atoms with E-state index in [1.165, 1.54) is 4.90 Å². The van der Waals surface area contributed by atoms with E-state index >= 15 is 0 Å². The molecule has 0 radical (unpaired) electrons. The number of pyridine rings is 1. The maximum atomic E-state index is 12.4. The number of benzene rings is 2. The number of carbonyl (C=O) groups excluding carboxylic acids is 2. The van der Waals surface area contributed by atoms with Gasteiger partial charge in [0.1, 0.15) is 12.3 Å². The van der Waals surface area contributed by atoms with Crippen LogP contribution in [-0.4, -0.2) is 36.5 Å². The predicted molar refractivity (Wildman–Crippen MR) is 103 cm³/mol. The number of anilines is 1. The standard InChI is InChI=1S/C21H19N3O3/c25-19(13-24-17-8-1-2-9-18(17)27-14-20(24)26)22-12-10-16-6-3-5-15-7-4-11-23-21(15)16/h1-9,11H,10,12-14H2,(H,22,25). The van der Waals surface area contributed by atoms with Crippen LogP contribution in [0.1, 0.15) is 5.56 Å². The molecule has 1 N–H and O–H groups in total. The first-order valence-electron chi connectivity index (χ1n) is 8.84. The summed E-state index contributed by atoms with van der Waals surface area (Å²) in [6.07, 6.45) is 2.44. The molecule has 27 heavy (non-hydrogen) atoms. The molecule has 0 saturated heterocycles. The van der Waals surface area contributed by atoms with Crippen LogP contribution in [0, 0.1) is 0 Å². The molecule has 0 atom stereocenters. The second-order valence-electron chi connectivity index (χ2n) is 6.33. The molecule has 6 nitrogen and oxygen atoms in total. The van der Waals surface area contributed by atoms with E-state index in [4.69, 9.17) is 4.74 Å². The molecule has 136 valence electrons. The van der Waals surface area contributed by atoms with Gasteiger partial charge in [-0.05, 0) is 30.2 Å². The van der Waals surface area contributed by atoms with Crippen molar-refractivity contribution in [3.8, 4) is 5.75 Å². The Bertz CT molecular complexity index is 997. The lowest BCUT2D eigenvalue weighted by atomic mass is 10.1. The lowest BCUT2D eigenvalue weighted by Gasteiger charge is -2.28. The van der Waals surface area contributed by atoms with Crippen LogP contribution < -0.4 is 15.0 Å². The van der Waals surface area contributed by atoms with E-state index in [0.717, 1.165) is 16.5 Å². The molecule has 1 aliphatic rings. The monoisotopic (exact) mass is 361 g/mol. The third-order valence-corrected chi connectivity index (χ3v) is 4.54. The lowest BCUT2D eigenvalue weighted by molar-refractivity contribution is -0.125. The third kappa shape index (κ3) is 3.60. The molecule has 4 rings (SSSR count). The average molecular weight is 361 g/mol. The van der Waals surface area contributed by atoms with Gasteiger partial charge in [-0.2, -0.15) is 0 Å². The summed E-state index contributed by atoms with van der Waals surface area (Å²) in [5, 5.41) is 3.97. The zero-order valence-electron chi connectivity index (χ0n) is 14.7. The highest BCUT2D eigenvalue weighted by Gasteiger charge is 2.26. The maximum absolute atomic E-state index is 12.4. The highest BCUT2D eigenvalue weighted by Crippen LogP contribution is 2.31. The van der Waals surface area contributed by atoms with E-state index in [-0.39, 0.29) is 25.0 Å². The summed E-state index contributed by atoms with van der Waals surface area (Å²) in [6.45, 7) is 0.410. The van der Waals surface area contributed by atoms with Crippen molar-refractivity contribution in [3.63, 3.8) is 0 Å². The molecule has 1 aromatic heterocycles. The second kappa shape index (κ2) is 7.45. The minimum absolute atomic E-state index is 0.0208. The highest BCUT2D eigenvalue weighted by atomic mass is 16.5. The number of aromatic nitrogens is 1. The minimum Gasteiger partial charge on any atom is -0.482 e. The fraction of sp³-hybridized carbons (Fsp3) is 0.190. The van der Waals surface area contributed by atoms with Crippen molar-refractivity contribution in [2.45, 2.75) is 6.42 Å². The molecule has 0 spiro atoms. The van der Waals surface area contributed by atoms with Crippen LogP contribution in [0.3, 0.4) is 0 Å². The van der Waals surface area contributed by atoms with E-state index < -0.39 is 0 Å². The summed E-state index contributed by atoms with van der Waals surface area (Å²) in [5.74, 6) is 0.196.